The molecule has 1 aliphatic carbocycles. The SMILES string of the molecule is CCCCCC(C)(C)CNc1nccn1C1CCCC1. The molecule has 1 saturated carbocycles. The van der Waals surface area contributed by atoms with Crippen molar-refractivity contribution in [2.75, 3.05) is 11.9 Å². The standard InChI is InChI=1S/C17H31N3/c1-4-5-8-11-17(2,3)14-19-16-18-12-13-20(16)15-9-6-7-10-15/h12-13,15H,4-11,14H2,1-3H3,(H,18,19). The van der Waals surface area contributed by atoms with Crippen LogP contribution < -0.4 is 5.32 Å². The molecule has 1 N–H and O–H groups in total. The van der Waals surface area contributed by atoms with Crippen molar-refractivity contribution in [1.29, 1.82) is 0 Å². The van der Waals surface area contributed by atoms with Gasteiger partial charge in [-0.1, -0.05) is 52.9 Å². The highest BCUT2D eigenvalue weighted by Gasteiger charge is 2.21. The highest BCUT2D eigenvalue weighted by molar-refractivity contribution is 5.27. The number of nitrogens with zero attached hydrogens (tertiary/aromatic N) is 2. The Balaban J connectivity index is 1.85. The quantitative estimate of drug-likeness (QED) is 0.676. The van der Waals surface area contributed by atoms with Crippen LogP contribution in [0.3, 0.4) is 0 Å². The van der Waals surface area contributed by atoms with Crippen LogP contribution in [0.25, 0.3) is 0 Å². The highest BCUT2D eigenvalue weighted by atomic mass is 15.2. The smallest absolute Gasteiger partial charge is 0.203 e. The second kappa shape index (κ2) is 7.14. The third-order valence-corrected chi connectivity index (χ3v) is 4.57. The predicted octanol–water partition coefficient (Wildman–Crippen LogP) is 5.02. The van der Waals surface area contributed by atoms with Crippen LogP contribution in [0, 0.1) is 5.41 Å². The third-order valence-electron chi connectivity index (χ3n) is 4.57. The van der Waals surface area contributed by atoms with Gasteiger partial charge in [0.15, 0.2) is 0 Å². The van der Waals surface area contributed by atoms with Gasteiger partial charge in [-0.2, -0.15) is 0 Å². The van der Waals surface area contributed by atoms with E-state index in [0.717, 1.165) is 12.5 Å². The monoisotopic (exact) mass is 277 g/mol. The van der Waals surface area contributed by atoms with E-state index in [0.29, 0.717) is 11.5 Å². The number of imidazole rings is 1. The normalized spacial score (nSPS) is 16.8. The summed E-state index contributed by atoms with van der Waals surface area (Å²) in [5.74, 6) is 1.07. The first-order valence-electron chi connectivity index (χ1n) is 8.39. The van der Waals surface area contributed by atoms with Gasteiger partial charge in [0.05, 0.1) is 0 Å². The number of nitrogens with one attached hydrogen (secondary N) is 1. The van der Waals surface area contributed by atoms with Crippen molar-refractivity contribution in [1.82, 2.24) is 9.55 Å². The lowest BCUT2D eigenvalue weighted by molar-refractivity contribution is 0.341. The molecule has 0 saturated heterocycles. The lowest BCUT2D eigenvalue weighted by atomic mass is 9.87. The molecule has 3 nitrogen and oxygen atoms in total. The molecule has 1 aromatic heterocycles. The molecular weight excluding hydrogens is 246 g/mol. The van der Waals surface area contributed by atoms with Crippen LogP contribution in [-0.2, 0) is 0 Å². The Labute approximate surface area is 124 Å². The fourth-order valence-corrected chi connectivity index (χ4v) is 3.19. The molecule has 2 rings (SSSR count). The van der Waals surface area contributed by atoms with Gasteiger partial charge in [-0.05, 0) is 24.7 Å². The zero-order valence-electron chi connectivity index (χ0n) is 13.5. The number of hydrogen-bond donors (Lipinski definition) is 1. The largest absolute Gasteiger partial charge is 0.355 e. The molecule has 1 heterocycles. The molecule has 1 aromatic rings. The minimum Gasteiger partial charge on any atom is -0.355 e. The first-order valence-corrected chi connectivity index (χ1v) is 8.39. The van der Waals surface area contributed by atoms with E-state index in [9.17, 15) is 0 Å². The van der Waals surface area contributed by atoms with Crippen molar-refractivity contribution in [3.8, 4) is 0 Å². The summed E-state index contributed by atoms with van der Waals surface area (Å²) in [6.45, 7) is 8.00. The van der Waals surface area contributed by atoms with E-state index in [1.165, 1.54) is 51.4 Å². The van der Waals surface area contributed by atoms with E-state index in [1.807, 2.05) is 6.20 Å². The molecule has 0 aliphatic heterocycles. The Kier molecular flexibility index (Phi) is 5.50. The van der Waals surface area contributed by atoms with Crippen LogP contribution in [-0.4, -0.2) is 16.1 Å². The van der Waals surface area contributed by atoms with Crippen molar-refractivity contribution >= 4 is 5.95 Å². The Morgan fingerprint density at radius 1 is 1.30 bits per heavy atom. The number of unbranched alkanes of at least 4 members (excludes halogenated alkanes) is 2. The molecule has 0 atom stereocenters. The minimum absolute atomic E-state index is 0.349. The minimum atomic E-state index is 0.349. The van der Waals surface area contributed by atoms with Crippen LogP contribution in [0.2, 0.25) is 0 Å². The van der Waals surface area contributed by atoms with Gasteiger partial charge in [0.1, 0.15) is 0 Å². The molecule has 0 unspecified atom stereocenters. The summed E-state index contributed by atoms with van der Waals surface area (Å²) in [5, 5.41) is 3.59. The average Bonchev–Trinajstić information content (AvgIpc) is 3.07. The second-order valence-corrected chi connectivity index (χ2v) is 7.07. The Morgan fingerprint density at radius 3 is 2.75 bits per heavy atom. The van der Waals surface area contributed by atoms with Crippen LogP contribution >= 0.6 is 0 Å². The maximum atomic E-state index is 4.51. The van der Waals surface area contributed by atoms with Gasteiger partial charge in [0.2, 0.25) is 5.95 Å². The fourth-order valence-electron chi connectivity index (χ4n) is 3.19. The molecule has 0 aromatic carbocycles. The Bertz CT molecular complexity index is 389. The van der Waals surface area contributed by atoms with E-state index >= 15 is 0 Å². The summed E-state index contributed by atoms with van der Waals surface area (Å²) >= 11 is 0. The van der Waals surface area contributed by atoms with Gasteiger partial charge in [-0.25, -0.2) is 4.98 Å². The van der Waals surface area contributed by atoms with E-state index in [-0.39, 0.29) is 0 Å². The van der Waals surface area contributed by atoms with Crippen molar-refractivity contribution in [2.24, 2.45) is 5.41 Å². The molecule has 1 fully saturated rings. The summed E-state index contributed by atoms with van der Waals surface area (Å²) in [7, 11) is 0. The first kappa shape index (κ1) is 15.4. The number of aromatic nitrogens is 2. The summed E-state index contributed by atoms with van der Waals surface area (Å²) in [6, 6.07) is 0.670. The summed E-state index contributed by atoms with van der Waals surface area (Å²) < 4.78 is 2.36. The summed E-state index contributed by atoms with van der Waals surface area (Å²) in [4.78, 5) is 4.51. The van der Waals surface area contributed by atoms with Crippen molar-refractivity contribution in [3.63, 3.8) is 0 Å². The van der Waals surface area contributed by atoms with E-state index in [1.54, 1.807) is 0 Å². The lowest BCUT2D eigenvalue weighted by Gasteiger charge is -2.26. The van der Waals surface area contributed by atoms with Crippen LogP contribution in [0.4, 0.5) is 5.95 Å². The van der Waals surface area contributed by atoms with Gasteiger partial charge in [0, 0.05) is 25.0 Å². The number of rotatable bonds is 8. The number of anilines is 1. The molecular formula is C17H31N3. The Hall–Kier alpha value is -0.990. The highest BCUT2D eigenvalue weighted by Crippen LogP contribution is 2.32. The van der Waals surface area contributed by atoms with E-state index in [2.05, 4.69) is 41.8 Å². The second-order valence-electron chi connectivity index (χ2n) is 7.07. The molecule has 0 bridgehead atoms. The van der Waals surface area contributed by atoms with Crippen molar-refractivity contribution in [3.05, 3.63) is 12.4 Å². The topological polar surface area (TPSA) is 29.9 Å². The maximum Gasteiger partial charge on any atom is 0.203 e. The average molecular weight is 277 g/mol. The molecule has 1 aliphatic rings. The first-order chi connectivity index (χ1) is 9.62. The van der Waals surface area contributed by atoms with E-state index < -0.39 is 0 Å². The van der Waals surface area contributed by atoms with Gasteiger partial charge >= 0.3 is 0 Å². The van der Waals surface area contributed by atoms with Crippen molar-refractivity contribution in [2.45, 2.75) is 78.2 Å². The number of hydrogen-bond acceptors (Lipinski definition) is 2. The molecule has 0 amide bonds. The third kappa shape index (κ3) is 4.26. The van der Waals surface area contributed by atoms with Crippen LogP contribution in [0.15, 0.2) is 12.4 Å². The van der Waals surface area contributed by atoms with Crippen LogP contribution in [0.5, 0.6) is 0 Å². The van der Waals surface area contributed by atoms with Gasteiger partial charge in [-0.15, -0.1) is 0 Å². The van der Waals surface area contributed by atoms with Gasteiger partial charge in [0.25, 0.3) is 0 Å². The Morgan fingerprint density at radius 2 is 2.05 bits per heavy atom. The van der Waals surface area contributed by atoms with E-state index in [4.69, 9.17) is 0 Å². The lowest BCUT2D eigenvalue weighted by Crippen LogP contribution is -2.25. The predicted molar refractivity (Wildman–Crippen MR) is 86.1 cm³/mol. The molecule has 20 heavy (non-hydrogen) atoms. The zero-order chi connectivity index (χ0) is 14.4. The zero-order valence-corrected chi connectivity index (χ0v) is 13.5. The molecule has 0 spiro atoms. The summed E-state index contributed by atoms with van der Waals surface area (Å²) in [5.41, 5.74) is 0.349. The fraction of sp³-hybridized carbons (Fsp3) is 0.824. The van der Waals surface area contributed by atoms with Crippen LogP contribution in [0.1, 0.15) is 78.2 Å². The molecule has 114 valence electrons. The maximum absolute atomic E-state index is 4.51. The van der Waals surface area contributed by atoms with Gasteiger partial charge in [-0.3, -0.25) is 0 Å². The van der Waals surface area contributed by atoms with Crippen molar-refractivity contribution < 1.29 is 0 Å². The van der Waals surface area contributed by atoms with Gasteiger partial charge < -0.3 is 9.88 Å². The molecule has 3 heteroatoms. The summed E-state index contributed by atoms with van der Waals surface area (Å²) in [6.07, 6.45) is 14.7. The molecule has 0 radical (unpaired) electrons.